The molecule has 0 fully saturated rings. The molecule has 2 aromatic carbocycles. The quantitative estimate of drug-likeness (QED) is 0.545. The maximum absolute atomic E-state index is 13.0. The van der Waals surface area contributed by atoms with E-state index in [4.69, 9.17) is 11.6 Å². The molecule has 1 aliphatic rings. The molecule has 0 saturated heterocycles. The van der Waals surface area contributed by atoms with Crippen LogP contribution >= 0.6 is 22.9 Å². The molecular weight excluding hydrogens is 418 g/mol. The largest absolute Gasteiger partial charge is 0.326 e. The van der Waals surface area contributed by atoms with Crippen LogP contribution in [0.5, 0.6) is 0 Å². The Morgan fingerprint density at radius 2 is 1.83 bits per heavy atom. The third kappa shape index (κ3) is 4.40. The number of fused-ring (bicyclic) bond motifs is 1. The van der Waals surface area contributed by atoms with Crippen LogP contribution in [0, 0.1) is 13.8 Å². The normalized spacial score (nSPS) is 15.4. The summed E-state index contributed by atoms with van der Waals surface area (Å²) < 4.78 is 0. The minimum atomic E-state index is -0.312. The number of nitrogens with one attached hydrogen (secondary N) is 2. The second-order valence-corrected chi connectivity index (χ2v) is 9.04. The van der Waals surface area contributed by atoms with Gasteiger partial charge in [0.1, 0.15) is 0 Å². The zero-order valence-electron chi connectivity index (χ0n) is 16.8. The minimum absolute atomic E-state index is 0.0555. The summed E-state index contributed by atoms with van der Waals surface area (Å²) in [4.78, 5) is 31.1. The summed E-state index contributed by atoms with van der Waals surface area (Å²) in [5.74, 6) is -0.609. The van der Waals surface area contributed by atoms with Crippen LogP contribution < -0.4 is 10.6 Å². The van der Waals surface area contributed by atoms with Crippen molar-refractivity contribution in [3.63, 3.8) is 0 Å². The summed E-state index contributed by atoms with van der Waals surface area (Å²) in [5, 5.41) is 6.98. The highest BCUT2D eigenvalue weighted by molar-refractivity contribution is 7.16. The third-order valence-electron chi connectivity index (χ3n) is 5.37. The lowest BCUT2D eigenvalue weighted by Crippen LogP contribution is -2.24. The maximum Gasteiger partial charge on any atom is 0.257 e. The number of halogens is 1. The Kier molecular flexibility index (Phi) is 5.88. The monoisotopic (exact) mass is 439 g/mol. The van der Waals surface area contributed by atoms with Gasteiger partial charge in [-0.15, -0.1) is 11.3 Å². The van der Waals surface area contributed by atoms with E-state index < -0.39 is 0 Å². The van der Waals surface area contributed by atoms with Crippen molar-refractivity contribution in [2.75, 3.05) is 10.6 Å². The van der Waals surface area contributed by atoms with Gasteiger partial charge in [-0.2, -0.15) is 0 Å². The molecular formula is C23H22ClN3O2S. The molecule has 2 N–H and O–H groups in total. The van der Waals surface area contributed by atoms with Crippen LogP contribution in [0.4, 0.5) is 10.8 Å². The van der Waals surface area contributed by atoms with Crippen molar-refractivity contribution in [2.45, 2.75) is 39.0 Å². The zero-order valence-corrected chi connectivity index (χ0v) is 18.4. The fourth-order valence-electron chi connectivity index (χ4n) is 3.55. The van der Waals surface area contributed by atoms with Crippen LogP contribution in [0.3, 0.4) is 0 Å². The number of anilines is 2. The first-order chi connectivity index (χ1) is 14.4. The first kappa shape index (κ1) is 20.6. The van der Waals surface area contributed by atoms with E-state index in [1.807, 2.05) is 32.0 Å². The predicted molar refractivity (Wildman–Crippen MR) is 122 cm³/mol. The van der Waals surface area contributed by atoms with E-state index in [1.165, 1.54) is 16.9 Å². The van der Waals surface area contributed by atoms with E-state index in [9.17, 15) is 9.59 Å². The Hall–Kier alpha value is -2.70. The lowest BCUT2D eigenvalue weighted by molar-refractivity contribution is -0.117. The van der Waals surface area contributed by atoms with Crippen molar-refractivity contribution in [3.8, 4) is 0 Å². The number of nitrogens with zero attached hydrogens (tertiary/aromatic N) is 1. The van der Waals surface area contributed by atoms with Crippen molar-refractivity contribution in [3.05, 3.63) is 74.7 Å². The van der Waals surface area contributed by atoms with Crippen molar-refractivity contribution < 1.29 is 9.59 Å². The topological polar surface area (TPSA) is 71.1 Å². The molecule has 0 saturated carbocycles. The van der Waals surface area contributed by atoms with Gasteiger partial charge in [-0.1, -0.05) is 17.7 Å². The highest BCUT2D eigenvalue weighted by Gasteiger charge is 2.30. The van der Waals surface area contributed by atoms with E-state index in [2.05, 4.69) is 15.6 Å². The molecule has 0 aliphatic heterocycles. The van der Waals surface area contributed by atoms with Crippen LogP contribution in [-0.4, -0.2) is 16.8 Å². The van der Waals surface area contributed by atoms with Gasteiger partial charge in [0, 0.05) is 21.2 Å². The minimum Gasteiger partial charge on any atom is -0.326 e. The van der Waals surface area contributed by atoms with Gasteiger partial charge in [-0.05, 0) is 80.6 Å². The number of carbonyl (C=O) groups is 2. The van der Waals surface area contributed by atoms with Gasteiger partial charge in [-0.25, -0.2) is 4.98 Å². The number of hydrogen-bond donors (Lipinski definition) is 2. The summed E-state index contributed by atoms with van der Waals surface area (Å²) in [5.41, 5.74) is 4.41. The van der Waals surface area contributed by atoms with Gasteiger partial charge in [0.15, 0.2) is 5.13 Å². The number of thiazole rings is 1. The predicted octanol–water partition coefficient (Wildman–Crippen LogP) is 5.72. The fourth-order valence-corrected chi connectivity index (χ4v) is 4.73. The molecule has 7 heteroatoms. The Morgan fingerprint density at radius 3 is 2.57 bits per heavy atom. The van der Waals surface area contributed by atoms with Gasteiger partial charge in [0.2, 0.25) is 5.91 Å². The first-order valence-corrected chi connectivity index (χ1v) is 11.0. The van der Waals surface area contributed by atoms with E-state index in [-0.39, 0.29) is 17.7 Å². The molecule has 0 bridgehead atoms. The van der Waals surface area contributed by atoms with Crippen molar-refractivity contribution in [2.24, 2.45) is 0 Å². The van der Waals surface area contributed by atoms with Crippen molar-refractivity contribution in [1.29, 1.82) is 0 Å². The average molecular weight is 440 g/mol. The standard InChI is InChI=1S/C23H22ClN3O2S/c1-13-6-11-17(12-14(13)2)25-22(29)18-4-3-5-19-20(18)26-23(30-19)27-21(28)15-7-9-16(24)10-8-15/h6-12,18H,3-5H2,1-2H3,(H,25,29)(H,26,27,28). The summed E-state index contributed by atoms with van der Waals surface area (Å²) in [6.07, 6.45) is 2.54. The zero-order chi connectivity index (χ0) is 21.3. The number of hydrogen-bond acceptors (Lipinski definition) is 4. The van der Waals surface area contributed by atoms with E-state index >= 15 is 0 Å². The summed E-state index contributed by atoms with van der Waals surface area (Å²) in [6.45, 7) is 4.07. The number of aryl methyl sites for hydroxylation is 3. The van der Waals surface area contributed by atoms with Gasteiger partial charge in [0.05, 0.1) is 11.6 Å². The molecule has 1 aromatic heterocycles. The van der Waals surface area contributed by atoms with Crippen molar-refractivity contribution in [1.82, 2.24) is 4.98 Å². The molecule has 1 atom stereocenters. The highest BCUT2D eigenvalue weighted by Crippen LogP contribution is 2.37. The van der Waals surface area contributed by atoms with E-state index in [1.54, 1.807) is 24.3 Å². The summed E-state index contributed by atoms with van der Waals surface area (Å²) in [6, 6.07) is 12.6. The van der Waals surface area contributed by atoms with E-state index in [0.717, 1.165) is 41.1 Å². The molecule has 5 nitrogen and oxygen atoms in total. The molecule has 30 heavy (non-hydrogen) atoms. The second-order valence-electron chi connectivity index (χ2n) is 7.52. The summed E-state index contributed by atoms with van der Waals surface area (Å²) in [7, 11) is 0. The highest BCUT2D eigenvalue weighted by atomic mass is 35.5. The van der Waals surface area contributed by atoms with Gasteiger partial charge >= 0.3 is 0 Å². The molecule has 1 heterocycles. The van der Waals surface area contributed by atoms with Gasteiger partial charge in [0.25, 0.3) is 5.91 Å². The van der Waals surface area contributed by atoms with Crippen LogP contribution in [0.25, 0.3) is 0 Å². The summed E-state index contributed by atoms with van der Waals surface area (Å²) >= 11 is 7.33. The number of benzene rings is 2. The van der Waals surface area contributed by atoms with Crippen LogP contribution in [0.15, 0.2) is 42.5 Å². The second kappa shape index (κ2) is 8.58. The van der Waals surface area contributed by atoms with E-state index in [0.29, 0.717) is 15.7 Å². The molecule has 0 radical (unpaired) electrons. The number of rotatable bonds is 4. The average Bonchev–Trinajstić information content (AvgIpc) is 3.13. The molecule has 1 aliphatic carbocycles. The lowest BCUT2D eigenvalue weighted by atomic mass is 9.90. The van der Waals surface area contributed by atoms with Crippen molar-refractivity contribution >= 4 is 45.6 Å². The Labute approximate surface area is 184 Å². The Balaban J connectivity index is 1.50. The molecule has 154 valence electrons. The Bertz CT molecular complexity index is 1110. The van der Waals surface area contributed by atoms with Crippen LogP contribution in [-0.2, 0) is 11.2 Å². The van der Waals surface area contributed by atoms with Gasteiger partial charge < -0.3 is 5.32 Å². The molecule has 0 spiro atoms. The smallest absolute Gasteiger partial charge is 0.257 e. The number of amides is 2. The number of carbonyl (C=O) groups excluding carboxylic acids is 2. The molecule has 1 unspecified atom stereocenters. The lowest BCUT2D eigenvalue weighted by Gasteiger charge is -2.20. The molecule has 4 rings (SSSR count). The Morgan fingerprint density at radius 1 is 1.07 bits per heavy atom. The van der Waals surface area contributed by atoms with Crippen LogP contribution in [0.2, 0.25) is 5.02 Å². The number of aromatic nitrogens is 1. The van der Waals surface area contributed by atoms with Crippen LogP contribution in [0.1, 0.15) is 50.8 Å². The SMILES string of the molecule is Cc1ccc(NC(=O)C2CCCc3sc(NC(=O)c4ccc(Cl)cc4)nc32)cc1C. The molecule has 3 aromatic rings. The third-order valence-corrected chi connectivity index (χ3v) is 6.67. The molecule has 2 amide bonds. The first-order valence-electron chi connectivity index (χ1n) is 9.85. The maximum atomic E-state index is 13.0. The fraction of sp³-hybridized carbons (Fsp3) is 0.261. The van der Waals surface area contributed by atoms with Gasteiger partial charge in [-0.3, -0.25) is 14.9 Å².